The Hall–Kier alpha value is -0.0800. The van der Waals surface area contributed by atoms with Gasteiger partial charge in [-0.3, -0.25) is 0 Å². The molecule has 0 radical (unpaired) electrons. The fraction of sp³-hybridized carbons (Fsp3) is 1.00. The van der Waals surface area contributed by atoms with E-state index in [9.17, 15) is 0 Å². The van der Waals surface area contributed by atoms with Gasteiger partial charge in [0.15, 0.2) is 0 Å². The molecule has 0 bridgehead atoms. The van der Waals surface area contributed by atoms with Crippen LogP contribution < -0.4 is 11.5 Å². The molecule has 2 nitrogen and oxygen atoms in total. The Morgan fingerprint density at radius 2 is 1.89 bits per heavy atom. The summed E-state index contributed by atoms with van der Waals surface area (Å²) < 4.78 is 0. The van der Waals surface area contributed by atoms with E-state index in [0.29, 0.717) is 18.0 Å². The SMILES string of the molecule is C[C@@H]1CCC(N)CC1N. The van der Waals surface area contributed by atoms with E-state index < -0.39 is 0 Å². The molecule has 9 heavy (non-hydrogen) atoms. The molecular weight excluding hydrogens is 112 g/mol. The van der Waals surface area contributed by atoms with Gasteiger partial charge in [-0.05, 0) is 25.2 Å². The van der Waals surface area contributed by atoms with Crippen LogP contribution in [0.15, 0.2) is 0 Å². The topological polar surface area (TPSA) is 52.0 Å². The molecule has 1 aliphatic rings. The lowest BCUT2D eigenvalue weighted by atomic mass is 9.84. The van der Waals surface area contributed by atoms with E-state index in [0.717, 1.165) is 12.8 Å². The molecule has 0 saturated heterocycles. The third kappa shape index (κ3) is 1.66. The monoisotopic (exact) mass is 128 g/mol. The van der Waals surface area contributed by atoms with Crippen LogP contribution >= 0.6 is 0 Å². The number of hydrogen-bond acceptors (Lipinski definition) is 2. The van der Waals surface area contributed by atoms with Gasteiger partial charge in [0.2, 0.25) is 0 Å². The Bertz CT molecular complexity index is 92.9. The Morgan fingerprint density at radius 1 is 1.22 bits per heavy atom. The molecule has 0 amide bonds. The minimum absolute atomic E-state index is 0.355. The average Bonchev–Trinajstić information content (AvgIpc) is 1.80. The predicted molar refractivity (Wildman–Crippen MR) is 39.0 cm³/mol. The highest BCUT2D eigenvalue weighted by Crippen LogP contribution is 2.20. The van der Waals surface area contributed by atoms with Crippen LogP contribution in [0.3, 0.4) is 0 Å². The molecular formula is C7H16N2. The van der Waals surface area contributed by atoms with E-state index in [4.69, 9.17) is 11.5 Å². The minimum atomic E-state index is 0.355. The lowest BCUT2D eigenvalue weighted by molar-refractivity contribution is 0.301. The highest BCUT2D eigenvalue weighted by Gasteiger charge is 2.21. The summed E-state index contributed by atoms with van der Waals surface area (Å²) in [7, 11) is 0. The standard InChI is InChI=1S/C7H16N2/c1-5-2-3-6(8)4-7(5)9/h5-7H,2-4,8-9H2,1H3/t5-,6?,7?/m1/s1. The van der Waals surface area contributed by atoms with Gasteiger partial charge in [-0.2, -0.15) is 0 Å². The molecule has 1 fully saturated rings. The van der Waals surface area contributed by atoms with Crippen LogP contribution in [-0.2, 0) is 0 Å². The van der Waals surface area contributed by atoms with Crippen LogP contribution in [0.1, 0.15) is 26.2 Å². The van der Waals surface area contributed by atoms with Crippen molar-refractivity contribution in [1.82, 2.24) is 0 Å². The van der Waals surface area contributed by atoms with E-state index in [1.54, 1.807) is 0 Å². The molecule has 2 unspecified atom stereocenters. The van der Waals surface area contributed by atoms with Crippen LogP contribution in [0, 0.1) is 5.92 Å². The second-order valence-electron chi connectivity index (χ2n) is 3.21. The van der Waals surface area contributed by atoms with Crippen molar-refractivity contribution in [3.8, 4) is 0 Å². The lowest BCUT2D eigenvalue weighted by Gasteiger charge is -2.29. The van der Waals surface area contributed by atoms with E-state index in [1.165, 1.54) is 6.42 Å². The van der Waals surface area contributed by atoms with E-state index in [-0.39, 0.29) is 0 Å². The quantitative estimate of drug-likeness (QED) is 0.498. The molecule has 2 heteroatoms. The van der Waals surface area contributed by atoms with Crippen LogP contribution in [0.5, 0.6) is 0 Å². The van der Waals surface area contributed by atoms with Crippen molar-refractivity contribution in [3.63, 3.8) is 0 Å². The van der Waals surface area contributed by atoms with Crippen molar-refractivity contribution >= 4 is 0 Å². The molecule has 0 heterocycles. The number of rotatable bonds is 0. The molecule has 1 rings (SSSR count). The highest BCUT2D eigenvalue weighted by atomic mass is 14.7. The lowest BCUT2D eigenvalue weighted by Crippen LogP contribution is -2.40. The maximum absolute atomic E-state index is 5.79. The predicted octanol–water partition coefficient (Wildman–Crippen LogP) is 0.461. The Morgan fingerprint density at radius 3 is 2.33 bits per heavy atom. The summed E-state index contributed by atoms with van der Waals surface area (Å²) in [5, 5.41) is 0. The Kier molecular flexibility index (Phi) is 2.09. The summed E-state index contributed by atoms with van der Waals surface area (Å²) in [5.74, 6) is 0.685. The summed E-state index contributed by atoms with van der Waals surface area (Å²) >= 11 is 0. The summed E-state index contributed by atoms with van der Waals surface area (Å²) in [6.45, 7) is 2.20. The Labute approximate surface area is 56.6 Å². The van der Waals surface area contributed by atoms with Crippen molar-refractivity contribution in [1.29, 1.82) is 0 Å². The largest absolute Gasteiger partial charge is 0.328 e. The van der Waals surface area contributed by atoms with E-state index in [1.807, 2.05) is 0 Å². The van der Waals surface area contributed by atoms with Crippen molar-refractivity contribution in [2.75, 3.05) is 0 Å². The molecule has 0 aromatic heterocycles. The minimum Gasteiger partial charge on any atom is -0.328 e. The Balaban J connectivity index is 2.35. The second-order valence-corrected chi connectivity index (χ2v) is 3.21. The molecule has 1 saturated carbocycles. The average molecular weight is 128 g/mol. The second kappa shape index (κ2) is 2.67. The van der Waals surface area contributed by atoms with Gasteiger partial charge in [0.1, 0.15) is 0 Å². The molecule has 0 aromatic rings. The van der Waals surface area contributed by atoms with Crippen LogP contribution in [0.4, 0.5) is 0 Å². The van der Waals surface area contributed by atoms with Gasteiger partial charge in [-0.1, -0.05) is 6.92 Å². The van der Waals surface area contributed by atoms with Crippen LogP contribution in [0.25, 0.3) is 0 Å². The molecule has 0 aromatic carbocycles. The summed E-state index contributed by atoms with van der Waals surface area (Å²) in [6.07, 6.45) is 3.39. The first-order valence-electron chi connectivity index (χ1n) is 3.71. The molecule has 54 valence electrons. The molecule has 0 spiro atoms. The highest BCUT2D eigenvalue weighted by molar-refractivity contribution is 4.81. The molecule has 4 N–H and O–H groups in total. The summed E-state index contributed by atoms with van der Waals surface area (Å²) in [5.41, 5.74) is 11.5. The summed E-state index contributed by atoms with van der Waals surface area (Å²) in [6, 6.07) is 0.727. The fourth-order valence-corrected chi connectivity index (χ4v) is 1.39. The first-order valence-corrected chi connectivity index (χ1v) is 3.71. The third-order valence-corrected chi connectivity index (χ3v) is 2.30. The normalized spacial score (nSPS) is 45.0. The van der Waals surface area contributed by atoms with Crippen molar-refractivity contribution in [2.24, 2.45) is 17.4 Å². The molecule has 1 aliphatic carbocycles. The van der Waals surface area contributed by atoms with Gasteiger partial charge in [0.25, 0.3) is 0 Å². The maximum atomic E-state index is 5.79. The van der Waals surface area contributed by atoms with Gasteiger partial charge < -0.3 is 11.5 Å². The first kappa shape index (κ1) is 7.03. The van der Waals surface area contributed by atoms with Gasteiger partial charge in [-0.25, -0.2) is 0 Å². The van der Waals surface area contributed by atoms with Gasteiger partial charge in [0.05, 0.1) is 0 Å². The van der Waals surface area contributed by atoms with Crippen molar-refractivity contribution in [2.45, 2.75) is 38.3 Å². The van der Waals surface area contributed by atoms with Gasteiger partial charge in [0, 0.05) is 12.1 Å². The fourth-order valence-electron chi connectivity index (χ4n) is 1.39. The van der Waals surface area contributed by atoms with Crippen LogP contribution in [-0.4, -0.2) is 12.1 Å². The van der Waals surface area contributed by atoms with Crippen molar-refractivity contribution < 1.29 is 0 Å². The smallest absolute Gasteiger partial charge is 0.00792 e. The molecule has 3 atom stereocenters. The zero-order chi connectivity index (χ0) is 6.85. The van der Waals surface area contributed by atoms with Crippen molar-refractivity contribution in [3.05, 3.63) is 0 Å². The van der Waals surface area contributed by atoms with E-state index >= 15 is 0 Å². The summed E-state index contributed by atoms with van der Waals surface area (Å²) in [4.78, 5) is 0. The molecule has 0 aliphatic heterocycles. The zero-order valence-corrected chi connectivity index (χ0v) is 6.01. The van der Waals surface area contributed by atoms with E-state index in [2.05, 4.69) is 6.92 Å². The number of nitrogens with two attached hydrogens (primary N) is 2. The zero-order valence-electron chi connectivity index (χ0n) is 6.01. The van der Waals surface area contributed by atoms with Gasteiger partial charge in [-0.15, -0.1) is 0 Å². The third-order valence-electron chi connectivity index (χ3n) is 2.30. The van der Waals surface area contributed by atoms with Crippen LogP contribution in [0.2, 0.25) is 0 Å². The first-order chi connectivity index (χ1) is 4.20. The number of hydrogen-bond donors (Lipinski definition) is 2. The maximum Gasteiger partial charge on any atom is 0.00792 e. The van der Waals surface area contributed by atoms with Gasteiger partial charge >= 0.3 is 0 Å².